The second-order valence-corrected chi connectivity index (χ2v) is 4.92. The molecule has 0 radical (unpaired) electrons. The van der Waals surface area contributed by atoms with E-state index in [0.29, 0.717) is 13.3 Å². The highest BCUT2D eigenvalue weighted by Crippen LogP contribution is 2.35. The highest BCUT2D eigenvalue weighted by atomic mass is 79.9. The van der Waals surface area contributed by atoms with Crippen molar-refractivity contribution < 1.29 is 11.0 Å². The van der Waals surface area contributed by atoms with Gasteiger partial charge in [0.25, 0.3) is 0 Å². The molecule has 1 aliphatic heterocycles. The number of hydrogen-bond acceptors (Lipinski definition) is 3. The molecule has 0 atom stereocenters. The van der Waals surface area contributed by atoms with Gasteiger partial charge in [0.05, 0.1) is 0 Å². The first-order valence-electron chi connectivity index (χ1n) is 6.90. The maximum absolute atomic E-state index is 7.85. The lowest BCUT2D eigenvalue weighted by atomic mass is 10.4. The molecular weight excluding hydrogens is 304 g/mol. The van der Waals surface area contributed by atoms with Crippen molar-refractivity contribution in [2.45, 2.75) is 12.7 Å². The number of halogens is 2. The summed E-state index contributed by atoms with van der Waals surface area (Å²) < 4.78 is 62.9. The maximum atomic E-state index is 7.85. The van der Waals surface area contributed by atoms with E-state index >= 15 is 0 Å². The standard InChI is InChI=1S/C7H8Br2N2S/c8-5-6(9)12-7(10-5)11-3-1-2-4-11/h1-4H2/i1D2,2D2,3D2,4D2. The van der Waals surface area contributed by atoms with Gasteiger partial charge in [-0.1, -0.05) is 11.3 Å². The van der Waals surface area contributed by atoms with Gasteiger partial charge in [-0.25, -0.2) is 4.98 Å². The van der Waals surface area contributed by atoms with E-state index in [1.54, 1.807) is 0 Å². The van der Waals surface area contributed by atoms with Crippen molar-refractivity contribution in [3.63, 3.8) is 0 Å². The molecule has 2 heterocycles. The summed E-state index contributed by atoms with van der Waals surface area (Å²) in [5.74, 6) is 0. The molecule has 1 fully saturated rings. The van der Waals surface area contributed by atoms with Gasteiger partial charge < -0.3 is 4.90 Å². The topological polar surface area (TPSA) is 16.1 Å². The summed E-state index contributed by atoms with van der Waals surface area (Å²) in [7, 11) is 0. The molecular formula is C7H8Br2N2S. The molecule has 5 heteroatoms. The van der Waals surface area contributed by atoms with Crippen molar-refractivity contribution in [1.82, 2.24) is 4.98 Å². The van der Waals surface area contributed by atoms with Crippen LogP contribution in [0.15, 0.2) is 8.39 Å². The van der Waals surface area contributed by atoms with Crippen LogP contribution in [-0.2, 0) is 0 Å². The Bertz CT molecular complexity index is 514. The average Bonchev–Trinajstić information content (AvgIpc) is 2.58. The van der Waals surface area contributed by atoms with Crippen LogP contribution < -0.4 is 4.90 Å². The van der Waals surface area contributed by atoms with Crippen LogP contribution in [0, 0.1) is 0 Å². The Morgan fingerprint density at radius 1 is 1.42 bits per heavy atom. The lowest BCUT2D eigenvalue weighted by Crippen LogP contribution is -2.16. The van der Waals surface area contributed by atoms with Crippen molar-refractivity contribution >= 4 is 48.3 Å². The Morgan fingerprint density at radius 3 is 2.58 bits per heavy atom. The molecule has 1 aromatic heterocycles. The van der Waals surface area contributed by atoms with Gasteiger partial charge in [0.15, 0.2) is 5.13 Å². The zero-order valence-electron chi connectivity index (χ0n) is 13.6. The van der Waals surface area contributed by atoms with E-state index in [-0.39, 0.29) is 5.13 Å². The summed E-state index contributed by atoms with van der Waals surface area (Å²) >= 11 is 7.12. The van der Waals surface area contributed by atoms with Crippen LogP contribution in [0.4, 0.5) is 5.13 Å². The summed E-state index contributed by atoms with van der Waals surface area (Å²) in [6, 6.07) is 0. The fourth-order valence-corrected chi connectivity index (χ4v) is 2.32. The average molecular weight is 320 g/mol. The molecule has 12 heavy (non-hydrogen) atoms. The van der Waals surface area contributed by atoms with Gasteiger partial charge in [-0.15, -0.1) is 0 Å². The molecule has 2 nitrogen and oxygen atoms in total. The Morgan fingerprint density at radius 2 is 2.08 bits per heavy atom. The molecule has 1 saturated heterocycles. The number of aromatic nitrogens is 1. The highest BCUT2D eigenvalue weighted by molar-refractivity contribution is 9.13. The molecule has 0 aliphatic carbocycles. The second kappa shape index (κ2) is 3.64. The molecule has 0 aromatic carbocycles. The van der Waals surface area contributed by atoms with Crippen LogP contribution in [0.5, 0.6) is 0 Å². The van der Waals surface area contributed by atoms with Gasteiger partial charge in [-0.05, 0) is 44.6 Å². The molecule has 0 unspecified atom stereocenters. The van der Waals surface area contributed by atoms with Crippen molar-refractivity contribution in [2.75, 3.05) is 17.9 Å². The lowest BCUT2D eigenvalue weighted by Gasteiger charge is -2.11. The van der Waals surface area contributed by atoms with Crippen LogP contribution in [0.3, 0.4) is 0 Å². The van der Waals surface area contributed by atoms with Gasteiger partial charge in [0, 0.05) is 24.0 Å². The SMILES string of the molecule is [2H]C1([2H])N(c2nc(Br)c(Br)s2)C([2H])([2H])C([2H])([2H])C1([2H])[2H]. The minimum atomic E-state index is -3.05. The van der Waals surface area contributed by atoms with Crippen LogP contribution in [-0.4, -0.2) is 18.0 Å². The molecule has 0 spiro atoms. The fourth-order valence-electron chi connectivity index (χ4n) is 0.660. The third-order valence-corrected chi connectivity index (χ3v) is 4.18. The Labute approximate surface area is 103 Å². The van der Waals surface area contributed by atoms with Crippen molar-refractivity contribution in [3.8, 4) is 0 Å². The molecule has 0 amide bonds. The van der Waals surface area contributed by atoms with Crippen LogP contribution in [0.25, 0.3) is 0 Å². The van der Waals surface area contributed by atoms with Gasteiger partial charge in [0.1, 0.15) is 8.39 Å². The molecule has 2 rings (SSSR count). The van der Waals surface area contributed by atoms with Crippen molar-refractivity contribution in [2.24, 2.45) is 0 Å². The van der Waals surface area contributed by atoms with E-state index in [4.69, 9.17) is 11.0 Å². The largest absolute Gasteiger partial charge is 0.348 e. The summed E-state index contributed by atoms with van der Waals surface area (Å²) in [4.78, 5) is 4.35. The lowest BCUT2D eigenvalue weighted by molar-refractivity contribution is 0.949. The number of hydrogen-bond donors (Lipinski definition) is 0. The van der Waals surface area contributed by atoms with Gasteiger partial charge in [-0.2, -0.15) is 0 Å². The molecule has 0 bridgehead atoms. The summed E-state index contributed by atoms with van der Waals surface area (Å²) in [5, 5.41) is -0.149. The highest BCUT2D eigenvalue weighted by Gasteiger charge is 2.16. The Hall–Kier alpha value is 0.390. The number of thiazole rings is 1. The number of rotatable bonds is 1. The maximum Gasteiger partial charge on any atom is 0.187 e. The van der Waals surface area contributed by atoms with Crippen LogP contribution in [0.1, 0.15) is 23.7 Å². The predicted molar refractivity (Wildman–Crippen MR) is 59.0 cm³/mol. The zero-order valence-corrected chi connectivity index (χ0v) is 9.55. The molecule has 0 saturated carbocycles. The predicted octanol–water partition coefficient (Wildman–Crippen LogP) is 3.27. The summed E-state index contributed by atoms with van der Waals surface area (Å²) in [6.07, 6.45) is -6.09. The minimum Gasteiger partial charge on any atom is -0.348 e. The fraction of sp³-hybridized carbons (Fsp3) is 0.571. The van der Waals surface area contributed by atoms with Gasteiger partial charge >= 0.3 is 0 Å². The van der Waals surface area contributed by atoms with E-state index in [1.165, 1.54) is 0 Å². The quantitative estimate of drug-likeness (QED) is 0.789. The van der Waals surface area contributed by atoms with E-state index < -0.39 is 25.7 Å². The zero-order chi connectivity index (χ0) is 15.7. The first-order valence-corrected chi connectivity index (χ1v) is 5.31. The molecule has 1 aliphatic rings. The van der Waals surface area contributed by atoms with Crippen molar-refractivity contribution in [1.29, 1.82) is 0 Å². The molecule has 0 N–H and O–H groups in total. The minimum absolute atomic E-state index is 0.149. The van der Waals surface area contributed by atoms with Crippen molar-refractivity contribution in [3.05, 3.63) is 8.39 Å². The first-order chi connectivity index (χ1) is 8.78. The summed E-state index contributed by atoms with van der Waals surface area (Å²) in [6.45, 7) is -5.78. The first kappa shape index (κ1) is 3.51. The van der Waals surface area contributed by atoms with Crippen LogP contribution >= 0.6 is 43.2 Å². The van der Waals surface area contributed by atoms with E-state index in [2.05, 4.69) is 36.8 Å². The smallest absolute Gasteiger partial charge is 0.187 e. The van der Waals surface area contributed by atoms with E-state index in [1.807, 2.05) is 0 Å². The number of anilines is 1. The van der Waals surface area contributed by atoms with Crippen LogP contribution in [0.2, 0.25) is 0 Å². The van der Waals surface area contributed by atoms with Gasteiger partial charge in [0.2, 0.25) is 0 Å². The van der Waals surface area contributed by atoms with Gasteiger partial charge in [-0.3, -0.25) is 0 Å². The number of nitrogens with zero attached hydrogens (tertiary/aromatic N) is 2. The Balaban J connectivity index is 2.69. The Kier molecular flexibility index (Phi) is 1.06. The molecule has 66 valence electrons. The summed E-state index contributed by atoms with van der Waals surface area (Å²) in [5.41, 5.74) is 0. The molecule has 1 aromatic rings. The normalized spacial score (nSPS) is 44.0. The monoisotopic (exact) mass is 318 g/mol. The van der Waals surface area contributed by atoms with E-state index in [0.717, 1.165) is 11.3 Å². The third-order valence-electron chi connectivity index (χ3n) is 1.13. The van der Waals surface area contributed by atoms with E-state index in [9.17, 15) is 0 Å². The third kappa shape index (κ3) is 1.67. The second-order valence-electron chi connectivity index (χ2n) is 1.87.